The van der Waals surface area contributed by atoms with E-state index in [1.807, 2.05) is 55.5 Å². The van der Waals surface area contributed by atoms with E-state index in [1.165, 1.54) is 11.8 Å². The second kappa shape index (κ2) is 9.20. The number of hydrogen-bond donors (Lipinski definition) is 1. The number of amides is 2. The lowest BCUT2D eigenvalue weighted by molar-refractivity contribution is -0.133. The molecule has 0 spiro atoms. The largest absolute Gasteiger partial charge is 0.350 e. The van der Waals surface area contributed by atoms with E-state index >= 15 is 0 Å². The summed E-state index contributed by atoms with van der Waals surface area (Å²) in [5, 5.41) is 2.89. The Hall–Kier alpha value is -2.71. The lowest BCUT2D eigenvalue weighted by Gasteiger charge is -2.46. The zero-order valence-electron chi connectivity index (χ0n) is 18.2. The summed E-state index contributed by atoms with van der Waals surface area (Å²) in [5.41, 5.74) is 1.15. The molecule has 1 N–H and O–H groups in total. The number of carbonyl (C=O) groups excluding carboxylic acids is 2. The zero-order chi connectivity index (χ0) is 22.6. The van der Waals surface area contributed by atoms with Crippen molar-refractivity contribution in [3.8, 4) is 0 Å². The second-order valence-corrected chi connectivity index (χ2v) is 10.1. The van der Waals surface area contributed by atoms with E-state index in [0.29, 0.717) is 5.69 Å². The van der Waals surface area contributed by atoms with E-state index < -0.39 is 27.4 Å². The summed E-state index contributed by atoms with van der Waals surface area (Å²) in [4.78, 5) is 28.1. The highest BCUT2D eigenvalue weighted by atomic mass is 32.2. The highest BCUT2D eigenvalue weighted by Gasteiger charge is 2.50. The minimum Gasteiger partial charge on any atom is -0.350 e. The number of nitrogens with one attached hydrogen (secondary N) is 1. The van der Waals surface area contributed by atoms with Crippen molar-refractivity contribution in [3.05, 3.63) is 65.7 Å². The van der Waals surface area contributed by atoms with Crippen LogP contribution in [0.25, 0.3) is 0 Å². The highest BCUT2D eigenvalue weighted by Crippen LogP contribution is 2.31. The second-order valence-electron chi connectivity index (χ2n) is 7.86. The molecule has 0 radical (unpaired) electrons. The Labute approximate surface area is 184 Å². The molecule has 8 heteroatoms. The van der Waals surface area contributed by atoms with Gasteiger partial charge in [0.1, 0.15) is 5.54 Å². The number of sulfonamides is 1. The molecule has 1 aliphatic heterocycles. The lowest BCUT2D eigenvalue weighted by atomic mass is 9.94. The van der Waals surface area contributed by atoms with Crippen molar-refractivity contribution in [2.75, 3.05) is 23.7 Å². The van der Waals surface area contributed by atoms with Gasteiger partial charge < -0.3 is 5.32 Å². The molecular formula is C23H29N3O4S. The molecule has 1 saturated heterocycles. The van der Waals surface area contributed by atoms with E-state index in [-0.39, 0.29) is 25.4 Å². The van der Waals surface area contributed by atoms with Crippen molar-refractivity contribution in [1.82, 2.24) is 9.62 Å². The molecule has 0 aliphatic carbocycles. The van der Waals surface area contributed by atoms with Crippen LogP contribution >= 0.6 is 0 Å². The minimum atomic E-state index is -3.64. The molecule has 2 aromatic rings. The third-order valence-corrected chi connectivity index (χ3v) is 7.43. The summed E-state index contributed by atoms with van der Waals surface area (Å²) in [6, 6.07) is 16.9. The fourth-order valence-electron chi connectivity index (χ4n) is 3.83. The van der Waals surface area contributed by atoms with Gasteiger partial charge in [-0.15, -0.1) is 0 Å². The van der Waals surface area contributed by atoms with Crippen molar-refractivity contribution >= 4 is 27.5 Å². The summed E-state index contributed by atoms with van der Waals surface area (Å²) in [6.45, 7) is 5.07. The lowest BCUT2D eigenvalue weighted by Crippen LogP contribution is -2.70. The molecular weight excluding hydrogens is 414 g/mol. The van der Waals surface area contributed by atoms with Crippen LogP contribution in [0.1, 0.15) is 31.9 Å². The van der Waals surface area contributed by atoms with E-state index in [9.17, 15) is 18.0 Å². The van der Waals surface area contributed by atoms with Gasteiger partial charge in [0.2, 0.25) is 21.8 Å². The predicted octanol–water partition coefficient (Wildman–Crippen LogP) is 2.32. The highest BCUT2D eigenvalue weighted by molar-refractivity contribution is 7.89. The Morgan fingerprint density at radius 1 is 1.06 bits per heavy atom. The first kappa shape index (κ1) is 23.0. The normalized spacial score (nSPS) is 20.0. The standard InChI is InChI=1S/C23H29N3O4S/c1-4-18-12-9-13-20(14-18)26-21(27)16-25(31(29,30)5-2)17-23(26,3)22(28)24-15-19-10-7-6-8-11-19/h6-14H,4-5,15-17H2,1-3H3,(H,24,28)/t23-/m1/s1. The van der Waals surface area contributed by atoms with Gasteiger partial charge in [-0.05, 0) is 43.5 Å². The predicted molar refractivity (Wildman–Crippen MR) is 121 cm³/mol. The molecule has 3 rings (SSSR count). The molecule has 0 saturated carbocycles. The monoisotopic (exact) mass is 443 g/mol. The summed E-state index contributed by atoms with van der Waals surface area (Å²) >= 11 is 0. The van der Waals surface area contributed by atoms with Crippen LogP contribution in [-0.4, -0.2) is 48.9 Å². The van der Waals surface area contributed by atoms with E-state index in [4.69, 9.17) is 0 Å². The summed E-state index contributed by atoms with van der Waals surface area (Å²) in [6.07, 6.45) is 0.781. The average molecular weight is 444 g/mol. The van der Waals surface area contributed by atoms with Gasteiger partial charge in [-0.2, -0.15) is 4.31 Å². The number of piperazine rings is 1. The van der Waals surface area contributed by atoms with E-state index in [0.717, 1.165) is 21.9 Å². The third-order valence-electron chi connectivity index (χ3n) is 5.66. The summed E-state index contributed by atoms with van der Waals surface area (Å²) < 4.78 is 26.2. The van der Waals surface area contributed by atoms with Crippen LogP contribution < -0.4 is 10.2 Å². The van der Waals surface area contributed by atoms with Gasteiger partial charge in [0.25, 0.3) is 0 Å². The molecule has 7 nitrogen and oxygen atoms in total. The van der Waals surface area contributed by atoms with Crippen LogP contribution in [0.4, 0.5) is 5.69 Å². The van der Waals surface area contributed by atoms with Crippen molar-refractivity contribution in [2.24, 2.45) is 0 Å². The van der Waals surface area contributed by atoms with Gasteiger partial charge in [-0.1, -0.05) is 49.4 Å². The Bertz CT molecular complexity index is 1060. The number of rotatable bonds is 7. The van der Waals surface area contributed by atoms with Crippen LogP contribution in [0.2, 0.25) is 0 Å². The first-order valence-electron chi connectivity index (χ1n) is 10.4. The fourth-order valence-corrected chi connectivity index (χ4v) is 4.95. The Morgan fingerprint density at radius 2 is 1.74 bits per heavy atom. The zero-order valence-corrected chi connectivity index (χ0v) is 19.0. The van der Waals surface area contributed by atoms with Crippen LogP contribution in [0.5, 0.6) is 0 Å². The van der Waals surface area contributed by atoms with Gasteiger partial charge in [0.05, 0.1) is 12.3 Å². The molecule has 31 heavy (non-hydrogen) atoms. The average Bonchev–Trinajstić information content (AvgIpc) is 2.77. The van der Waals surface area contributed by atoms with Gasteiger partial charge >= 0.3 is 0 Å². The van der Waals surface area contributed by atoms with Gasteiger partial charge in [-0.3, -0.25) is 14.5 Å². The van der Waals surface area contributed by atoms with Crippen LogP contribution in [0, 0.1) is 0 Å². The SMILES string of the molecule is CCc1cccc(N2C(=O)CN(S(=O)(=O)CC)C[C@]2(C)C(=O)NCc2ccccc2)c1. The first-order valence-corrected chi connectivity index (χ1v) is 12.0. The summed E-state index contributed by atoms with van der Waals surface area (Å²) in [5.74, 6) is -0.954. The van der Waals surface area contributed by atoms with Crippen molar-refractivity contribution in [1.29, 1.82) is 0 Å². The molecule has 0 aromatic heterocycles. The third kappa shape index (κ3) is 4.80. The molecule has 0 unspecified atom stereocenters. The Balaban J connectivity index is 1.98. The minimum absolute atomic E-state index is 0.105. The van der Waals surface area contributed by atoms with Crippen LogP contribution in [-0.2, 0) is 32.6 Å². The maximum atomic E-state index is 13.4. The molecule has 166 valence electrons. The number of hydrogen-bond acceptors (Lipinski definition) is 4. The molecule has 2 aromatic carbocycles. The fraction of sp³-hybridized carbons (Fsp3) is 0.391. The molecule has 1 aliphatic rings. The van der Waals surface area contributed by atoms with Gasteiger partial charge in [-0.25, -0.2) is 8.42 Å². The quantitative estimate of drug-likeness (QED) is 0.712. The van der Waals surface area contributed by atoms with E-state index in [1.54, 1.807) is 13.0 Å². The number of anilines is 1. The Kier molecular flexibility index (Phi) is 6.81. The molecule has 1 atom stereocenters. The topological polar surface area (TPSA) is 86.8 Å². The van der Waals surface area contributed by atoms with E-state index in [2.05, 4.69) is 5.32 Å². The number of nitrogens with zero attached hydrogens (tertiary/aromatic N) is 2. The molecule has 0 bridgehead atoms. The van der Waals surface area contributed by atoms with Crippen molar-refractivity contribution < 1.29 is 18.0 Å². The number of aryl methyl sites for hydroxylation is 1. The number of carbonyl (C=O) groups is 2. The van der Waals surface area contributed by atoms with Crippen LogP contribution in [0.15, 0.2) is 54.6 Å². The maximum absolute atomic E-state index is 13.4. The molecule has 2 amide bonds. The molecule has 1 fully saturated rings. The number of benzene rings is 2. The van der Waals surface area contributed by atoms with Crippen molar-refractivity contribution in [2.45, 2.75) is 39.3 Å². The van der Waals surface area contributed by atoms with Crippen LogP contribution in [0.3, 0.4) is 0 Å². The summed E-state index contributed by atoms with van der Waals surface area (Å²) in [7, 11) is -3.64. The molecule has 1 heterocycles. The smallest absolute Gasteiger partial charge is 0.247 e. The van der Waals surface area contributed by atoms with Gasteiger partial charge in [0.15, 0.2) is 0 Å². The maximum Gasteiger partial charge on any atom is 0.247 e. The Morgan fingerprint density at radius 3 is 2.39 bits per heavy atom. The van der Waals surface area contributed by atoms with Gasteiger partial charge in [0, 0.05) is 18.8 Å². The van der Waals surface area contributed by atoms with Crippen molar-refractivity contribution in [3.63, 3.8) is 0 Å². The first-order chi connectivity index (χ1) is 14.7.